The van der Waals surface area contributed by atoms with Crippen LogP contribution in [0.25, 0.3) is 0 Å². The highest BCUT2D eigenvalue weighted by Crippen LogP contribution is 2.52. The van der Waals surface area contributed by atoms with Gasteiger partial charge in [0.25, 0.3) is 0 Å². The quantitative estimate of drug-likeness (QED) is 0.426. The number of aryl methyl sites for hydroxylation is 1. The Morgan fingerprint density at radius 1 is 1.05 bits per heavy atom. The molecule has 0 saturated carbocycles. The van der Waals surface area contributed by atoms with E-state index in [-0.39, 0.29) is 17.2 Å². The molecule has 2 aliphatic heterocycles. The van der Waals surface area contributed by atoms with Crippen LogP contribution < -0.4 is 15.1 Å². The number of benzene rings is 1. The average molecular weight is 571 g/mol. The average Bonchev–Trinajstić information content (AvgIpc) is 3.27. The Hall–Kier alpha value is -4.21. The number of alkyl carbamates (subject to hydrolysis) is 1. The van der Waals surface area contributed by atoms with Crippen LogP contribution in [0.15, 0.2) is 48.8 Å². The van der Waals surface area contributed by atoms with Gasteiger partial charge >= 0.3 is 12.1 Å². The van der Waals surface area contributed by atoms with Gasteiger partial charge in [-0.25, -0.2) is 19.6 Å². The number of amides is 1. The van der Waals surface area contributed by atoms with Gasteiger partial charge in [-0.15, -0.1) is 0 Å². The predicted octanol–water partition coefficient (Wildman–Crippen LogP) is 5.15. The maximum Gasteiger partial charge on any atom is 0.408 e. The molecule has 10 nitrogen and oxygen atoms in total. The molecule has 1 aliphatic carbocycles. The zero-order valence-corrected chi connectivity index (χ0v) is 24.7. The molecule has 1 fully saturated rings. The van der Waals surface area contributed by atoms with Gasteiger partial charge in [0, 0.05) is 31.2 Å². The highest BCUT2D eigenvalue weighted by Gasteiger charge is 2.49. The van der Waals surface area contributed by atoms with Crippen LogP contribution in [0.4, 0.5) is 22.1 Å². The van der Waals surface area contributed by atoms with Crippen LogP contribution in [0.1, 0.15) is 73.4 Å². The normalized spacial score (nSPS) is 19.2. The number of nitrogens with zero attached hydrogens (tertiary/aromatic N) is 5. The van der Waals surface area contributed by atoms with Crippen molar-refractivity contribution in [2.45, 2.75) is 64.5 Å². The third kappa shape index (κ3) is 5.26. The van der Waals surface area contributed by atoms with Crippen LogP contribution >= 0.6 is 0 Å². The van der Waals surface area contributed by atoms with E-state index in [2.05, 4.69) is 32.2 Å². The Morgan fingerprint density at radius 2 is 1.83 bits per heavy atom. The fraction of sp³-hybridized carbons (Fsp3) is 0.469. The molecule has 42 heavy (non-hydrogen) atoms. The van der Waals surface area contributed by atoms with Crippen molar-refractivity contribution in [2.75, 3.05) is 36.5 Å². The van der Waals surface area contributed by atoms with Crippen LogP contribution in [-0.4, -0.2) is 59.4 Å². The molecule has 4 heterocycles. The largest absolute Gasteiger partial charge is 0.464 e. The summed E-state index contributed by atoms with van der Waals surface area (Å²) in [7, 11) is 1.37. The van der Waals surface area contributed by atoms with Gasteiger partial charge in [-0.2, -0.15) is 0 Å². The topological polar surface area (TPSA) is 110 Å². The lowest BCUT2D eigenvalue weighted by Gasteiger charge is -2.44. The lowest BCUT2D eigenvalue weighted by Crippen LogP contribution is -2.48. The minimum Gasteiger partial charge on any atom is -0.464 e. The SMILES string of the molecule is COC(=O)c1nc(N2CCCc3ncccc32)cnc1N1CCC2(CC1)Cc1ccccc1[C@H]2NC(=O)OC(C)(C)C. The Bertz CT molecular complexity index is 1490. The van der Waals surface area contributed by atoms with Gasteiger partial charge < -0.3 is 24.6 Å². The number of ether oxygens (including phenoxy) is 2. The minimum atomic E-state index is -0.583. The third-order valence-electron chi connectivity index (χ3n) is 8.59. The first kappa shape index (κ1) is 27.9. The van der Waals surface area contributed by atoms with E-state index in [0.717, 1.165) is 55.6 Å². The molecule has 10 heteroatoms. The number of esters is 1. The zero-order chi connectivity index (χ0) is 29.5. The lowest BCUT2D eigenvalue weighted by atomic mass is 9.72. The molecule has 0 radical (unpaired) electrons. The molecule has 1 spiro atoms. The Kier molecular flexibility index (Phi) is 7.24. The maximum absolute atomic E-state index is 13.0. The summed E-state index contributed by atoms with van der Waals surface area (Å²) < 4.78 is 10.8. The monoisotopic (exact) mass is 570 g/mol. The number of piperidine rings is 1. The molecular formula is C32H38N6O4. The molecule has 3 aliphatic rings. The van der Waals surface area contributed by atoms with Crippen molar-refractivity contribution in [3.8, 4) is 0 Å². The van der Waals surface area contributed by atoms with Gasteiger partial charge in [0.2, 0.25) is 0 Å². The highest BCUT2D eigenvalue weighted by atomic mass is 16.6. The number of rotatable bonds is 4. The van der Waals surface area contributed by atoms with Gasteiger partial charge in [0.1, 0.15) is 5.60 Å². The van der Waals surface area contributed by atoms with Crippen LogP contribution in [-0.2, 0) is 22.3 Å². The Morgan fingerprint density at radius 3 is 2.60 bits per heavy atom. The van der Waals surface area contributed by atoms with Crippen LogP contribution in [0, 0.1) is 5.41 Å². The number of methoxy groups -OCH3 is 1. The summed E-state index contributed by atoms with van der Waals surface area (Å²) in [6, 6.07) is 12.1. The first-order valence-corrected chi connectivity index (χ1v) is 14.7. The fourth-order valence-corrected chi connectivity index (χ4v) is 6.67. The minimum absolute atomic E-state index is 0.160. The second-order valence-corrected chi connectivity index (χ2v) is 12.4. The van der Waals surface area contributed by atoms with E-state index in [1.54, 1.807) is 12.4 Å². The molecular weight excluding hydrogens is 532 g/mol. The summed E-state index contributed by atoms with van der Waals surface area (Å²) in [4.78, 5) is 44.2. The van der Waals surface area contributed by atoms with E-state index in [1.807, 2.05) is 45.0 Å². The number of hydrogen-bond donors (Lipinski definition) is 1. The van der Waals surface area contributed by atoms with Crippen molar-refractivity contribution in [3.63, 3.8) is 0 Å². The molecule has 3 aromatic rings. The number of anilines is 3. The van der Waals surface area contributed by atoms with E-state index < -0.39 is 17.7 Å². The molecule has 0 unspecified atom stereocenters. The second kappa shape index (κ2) is 10.9. The van der Waals surface area contributed by atoms with Crippen LogP contribution in [0.3, 0.4) is 0 Å². The van der Waals surface area contributed by atoms with Gasteiger partial charge in [-0.3, -0.25) is 4.98 Å². The summed E-state index contributed by atoms with van der Waals surface area (Å²) in [5, 5.41) is 3.21. The molecule has 220 valence electrons. The van der Waals surface area contributed by atoms with Crippen LogP contribution in [0.2, 0.25) is 0 Å². The number of fused-ring (bicyclic) bond motifs is 2. The maximum atomic E-state index is 13.0. The Balaban J connectivity index is 1.26. The number of hydrogen-bond acceptors (Lipinski definition) is 9. The number of carbonyl (C=O) groups is 2. The van der Waals surface area contributed by atoms with Crippen molar-refractivity contribution >= 4 is 29.4 Å². The molecule has 0 bridgehead atoms. The van der Waals surface area contributed by atoms with Gasteiger partial charge in [-0.1, -0.05) is 24.3 Å². The van der Waals surface area contributed by atoms with Crippen LogP contribution in [0.5, 0.6) is 0 Å². The summed E-state index contributed by atoms with van der Waals surface area (Å²) in [5.74, 6) is 0.617. The van der Waals surface area contributed by atoms with Gasteiger partial charge in [-0.05, 0) is 76.1 Å². The van der Waals surface area contributed by atoms with E-state index in [9.17, 15) is 9.59 Å². The summed E-state index contributed by atoms with van der Waals surface area (Å²) >= 11 is 0. The van der Waals surface area contributed by atoms with Crippen molar-refractivity contribution in [3.05, 3.63) is 71.3 Å². The summed E-state index contributed by atoms with van der Waals surface area (Å²) in [6.45, 7) is 7.71. The summed E-state index contributed by atoms with van der Waals surface area (Å²) in [6.07, 6.45) is 7.46. The molecule has 1 amide bonds. The molecule has 1 N–H and O–H groups in total. The Labute approximate surface area is 246 Å². The number of pyridine rings is 1. The first-order valence-electron chi connectivity index (χ1n) is 14.7. The first-order chi connectivity index (χ1) is 20.2. The summed E-state index contributed by atoms with van der Waals surface area (Å²) in [5.41, 5.74) is 3.87. The van der Waals surface area contributed by atoms with Gasteiger partial charge in [0.15, 0.2) is 17.3 Å². The molecule has 1 atom stereocenters. The molecule has 1 aromatic carbocycles. The molecule has 2 aromatic heterocycles. The van der Waals surface area contributed by atoms with Crippen molar-refractivity contribution in [1.82, 2.24) is 20.3 Å². The standard InChI is InChI=1S/C32H38N6O4/c1-31(2,3)42-30(40)36-27-22-10-6-5-9-21(22)19-32(27)13-17-37(18-14-32)28-26(29(39)41-4)35-25(20-34-28)38-16-8-11-23-24(38)12-7-15-33-23/h5-7,9-10,12,15,20,27H,8,11,13-14,16-19H2,1-4H3,(H,36,40)/t27-/m1/s1. The van der Waals surface area contributed by atoms with Gasteiger partial charge in [0.05, 0.1) is 30.7 Å². The second-order valence-electron chi connectivity index (χ2n) is 12.4. The fourth-order valence-electron chi connectivity index (χ4n) is 6.67. The van der Waals surface area contributed by atoms with Crippen molar-refractivity contribution in [2.24, 2.45) is 5.41 Å². The molecule has 6 rings (SSSR count). The van der Waals surface area contributed by atoms with E-state index in [1.165, 1.54) is 12.7 Å². The smallest absolute Gasteiger partial charge is 0.408 e. The number of nitrogens with one attached hydrogen (secondary N) is 1. The van der Waals surface area contributed by atoms with Crippen molar-refractivity contribution < 1.29 is 19.1 Å². The van der Waals surface area contributed by atoms with E-state index >= 15 is 0 Å². The number of aromatic nitrogens is 3. The molecule has 1 saturated heterocycles. The lowest BCUT2D eigenvalue weighted by molar-refractivity contribution is 0.0426. The predicted molar refractivity (Wildman–Crippen MR) is 159 cm³/mol. The number of carbonyl (C=O) groups excluding carboxylic acids is 2. The van der Waals surface area contributed by atoms with Crippen molar-refractivity contribution in [1.29, 1.82) is 0 Å². The highest BCUT2D eigenvalue weighted by molar-refractivity contribution is 5.93. The third-order valence-corrected chi connectivity index (χ3v) is 8.59. The van der Waals surface area contributed by atoms with E-state index in [0.29, 0.717) is 24.7 Å². The van der Waals surface area contributed by atoms with E-state index in [4.69, 9.17) is 19.4 Å². The zero-order valence-electron chi connectivity index (χ0n) is 24.7.